The second-order valence-corrected chi connectivity index (χ2v) is 16.7. The van der Waals surface area contributed by atoms with Gasteiger partial charge in [-0.25, -0.2) is 15.0 Å². The van der Waals surface area contributed by atoms with Crippen molar-refractivity contribution in [2.45, 2.75) is 0 Å². The van der Waals surface area contributed by atoms with Gasteiger partial charge < -0.3 is 4.57 Å². The Morgan fingerprint density at radius 1 is 0.290 bits per heavy atom. The fourth-order valence-corrected chi connectivity index (χ4v) is 9.97. The molecule has 0 aliphatic carbocycles. The number of hydrogen-bond donors (Lipinski definition) is 0. The Bertz CT molecular complexity index is 3610. The van der Waals surface area contributed by atoms with E-state index in [2.05, 4.69) is 205 Å². The topological polar surface area (TPSA) is 43.6 Å². The molecule has 62 heavy (non-hydrogen) atoms. The monoisotopic (exact) mass is 808 g/mol. The minimum absolute atomic E-state index is 0.611. The first kappa shape index (κ1) is 35.9. The SMILES string of the molecule is c1ccc(-c2ccc3c4ccccc4n(-c4cc(-c5nc(-c6ccccc6)nc(-c6ccc(-c7ccc8c(c7)sc7ccccc78)cc6)n5)ccc4-c4ccccc4)c3c2)cc1. The molecule has 12 aromatic rings. The first-order valence-electron chi connectivity index (χ1n) is 20.8. The summed E-state index contributed by atoms with van der Waals surface area (Å²) in [6.07, 6.45) is 0. The summed E-state index contributed by atoms with van der Waals surface area (Å²) in [4.78, 5) is 15.5. The average Bonchev–Trinajstić information content (AvgIpc) is 3.89. The standard InChI is InChI=1S/C57H36N4S/c1-4-14-37(15-5-1)42-28-32-47-46-20-10-12-22-50(46)61(52(47)34-42)51-35-44(30-31-45(51)39-16-6-2-7-17-39)57-59-55(40-18-8-3-9-19-40)58-56(60-57)41-26-24-38(25-27-41)43-29-33-49-48-21-11-13-23-53(48)62-54(49)36-43/h1-36H. The van der Waals surface area contributed by atoms with E-state index in [1.807, 2.05) is 29.5 Å². The Labute approximate surface area is 362 Å². The van der Waals surface area contributed by atoms with Gasteiger partial charge in [-0.3, -0.25) is 0 Å². The maximum Gasteiger partial charge on any atom is 0.164 e. The summed E-state index contributed by atoms with van der Waals surface area (Å²) in [5.41, 5.74) is 13.0. The summed E-state index contributed by atoms with van der Waals surface area (Å²) < 4.78 is 5.01. The lowest BCUT2D eigenvalue weighted by Gasteiger charge is -2.17. The molecule has 5 heteroatoms. The molecular weight excluding hydrogens is 773 g/mol. The molecule has 4 nitrogen and oxygen atoms in total. The Hall–Kier alpha value is -7.99. The lowest BCUT2D eigenvalue weighted by Crippen LogP contribution is -2.02. The maximum atomic E-state index is 5.24. The number of benzene rings is 9. The predicted octanol–water partition coefficient (Wildman–Crippen LogP) is 15.3. The van der Waals surface area contributed by atoms with Gasteiger partial charge >= 0.3 is 0 Å². The molecule has 3 heterocycles. The largest absolute Gasteiger partial charge is 0.309 e. The number of fused-ring (bicyclic) bond motifs is 6. The van der Waals surface area contributed by atoms with E-state index in [9.17, 15) is 0 Å². The van der Waals surface area contributed by atoms with Crippen molar-refractivity contribution in [1.29, 1.82) is 0 Å². The molecule has 0 saturated carbocycles. The summed E-state index contributed by atoms with van der Waals surface area (Å²) >= 11 is 1.84. The van der Waals surface area contributed by atoms with Gasteiger partial charge in [-0.05, 0) is 58.1 Å². The fourth-order valence-electron chi connectivity index (χ4n) is 8.83. The van der Waals surface area contributed by atoms with Gasteiger partial charge in [-0.1, -0.05) is 188 Å². The van der Waals surface area contributed by atoms with Gasteiger partial charge in [0.1, 0.15) is 0 Å². The third-order valence-electron chi connectivity index (χ3n) is 11.9. The minimum Gasteiger partial charge on any atom is -0.309 e. The summed E-state index contributed by atoms with van der Waals surface area (Å²) in [6.45, 7) is 0. The van der Waals surface area contributed by atoms with Gasteiger partial charge in [0, 0.05) is 53.2 Å². The second kappa shape index (κ2) is 14.9. The average molecular weight is 809 g/mol. The molecule has 0 amide bonds. The van der Waals surface area contributed by atoms with Crippen molar-refractivity contribution in [1.82, 2.24) is 19.5 Å². The molecule has 0 aliphatic rings. The van der Waals surface area contributed by atoms with Crippen LogP contribution in [0.4, 0.5) is 0 Å². The third kappa shape index (κ3) is 6.26. The van der Waals surface area contributed by atoms with Crippen molar-refractivity contribution < 1.29 is 0 Å². The van der Waals surface area contributed by atoms with Crippen LogP contribution in [-0.2, 0) is 0 Å². The van der Waals surface area contributed by atoms with Crippen molar-refractivity contribution in [3.63, 3.8) is 0 Å². The van der Waals surface area contributed by atoms with Gasteiger partial charge in [0.25, 0.3) is 0 Å². The van der Waals surface area contributed by atoms with Gasteiger partial charge in [0.15, 0.2) is 17.5 Å². The molecule has 0 N–H and O–H groups in total. The highest BCUT2D eigenvalue weighted by atomic mass is 32.1. The van der Waals surface area contributed by atoms with Crippen LogP contribution >= 0.6 is 11.3 Å². The first-order valence-corrected chi connectivity index (χ1v) is 21.7. The van der Waals surface area contributed by atoms with Gasteiger partial charge in [0.2, 0.25) is 0 Å². The van der Waals surface area contributed by atoms with Crippen molar-refractivity contribution in [3.05, 3.63) is 218 Å². The highest BCUT2D eigenvalue weighted by molar-refractivity contribution is 7.25. The molecule has 0 saturated heterocycles. The minimum atomic E-state index is 0.611. The molecule has 12 rings (SSSR count). The fraction of sp³-hybridized carbons (Fsp3) is 0. The van der Waals surface area contributed by atoms with Crippen LogP contribution in [0.3, 0.4) is 0 Å². The van der Waals surface area contributed by atoms with E-state index in [1.54, 1.807) is 0 Å². The number of nitrogens with zero attached hydrogens (tertiary/aromatic N) is 4. The van der Waals surface area contributed by atoms with E-state index < -0.39 is 0 Å². The molecule has 0 spiro atoms. The zero-order valence-corrected chi connectivity index (χ0v) is 34.3. The molecule has 0 atom stereocenters. The van der Waals surface area contributed by atoms with Gasteiger partial charge in [-0.15, -0.1) is 11.3 Å². The normalized spacial score (nSPS) is 11.5. The predicted molar refractivity (Wildman–Crippen MR) is 260 cm³/mol. The van der Waals surface area contributed by atoms with Crippen LogP contribution < -0.4 is 0 Å². The summed E-state index contributed by atoms with van der Waals surface area (Å²) in [5.74, 6) is 1.86. The van der Waals surface area contributed by atoms with Crippen molar-refractivity contribution in [3.8, 4) is 73.2 Å². The van der Waals surface area contributed by atoms with E-state index >= 15 is 0 Å². The Kier molecular flexibility index (Phi) is 8.65. The molecule has 0 fully saturated rings. The van der Waals surface area contributed by atoms with E-state index in [-0.39, 0.29) is 0 Å². The molecule has 0 radical (unpaired) electrons. The molecule has 9 aromatic carbocycles. The van der Waals surface area contributed by atoms with E-state index in [0.29, 0.717) is 17.5 Å². The van der Waals surface area contributed by atoms with E-state index in [4.69, 9.17) is 15.0 Å². The molecule has 0 unspecified atom stereocenters. The first-order chi connectivity index (χ1) is 30.7. The molecule has 290 valence electrons. The number of rotatable bonds is 7. The van der Waals surface area contributed by atoms with Crippen molar-refractivity contribution in [2.24, 2.45) is 0 Å². The Morgan fingerprint density at radius 3 is 1.48 bits per heavy atom. The lowest BCUT2D eigenvalue weighted by molar-refractivity contribution is 1.07. The number of thiophene rings is 1. The maximum absolute atomic E-state index is 5.24. The van der Waals surface area contributed by atoms with Crippen LogP contribution in [0.5, 0.6) is 0 Å². The summed E-state index contributed by atoms with van der Waals surface area (Å²) in [5, 5.41) is 5.01. The van der Waals surface area contributed by atoms with Gasteiger partial charge in [0.05, 0.1) is 16.7 Å². The van der Waals surface area contributed by atoms with E-state index in [1.165, 1.54) is 47.6 Å². The molecule has 3 aromatic heterocycles. The number of hydrogen-bond acceptors (Lipinski definition) is 4. The number of aromatic nitrogens is 4. The highest BCUT2D eigenvalue weighted by Gasteiger charge is 2.20. The van der Waals surface area contributed by atoms with Crippen molar-refractivity contribution >= 4 is 53.3 Å². The molecule has 0 aliphatic heterocycles. The molecule has 0 bridgehead atoms. The van der Waals surface area contributed by atoms with Crippen LogP contribution in [0.1, 0.15) is 0 Å². The van der Waals surface area contributed by atoms with Crippen LogP contribution in [0.2, 0.25) is 0 Å². The summed E-state index contributed by atoms with van der Waals surface area (Å²) in [7, 11) is 0. The van der Waals surface area contributed by atoms with E-state index in [0.717, 1.165) is 50.1 Å². The third-order valence-corrected chi connectivity index (χ3v) is 13.0. The van der Waals surface area contributed by atoms with Crippen LogP contribution in [0, 0.1) is 0 Å². The zero-order valence-electron chi connectivity index (χ0n) is 33.5. The molecular formula is C57H36N4S. The Balaban J connectivity index is 1.02. The van der Waals surface area contributed by atoms with Crippen LogP contribution in [0.15, 0.2) is 218 Å². The summed E-state index contributed by atoms with van der Waals surface area (Å²) in [6, 6.07) is 77.6. The number of para-hydroxylation sites is 1. The highest BCUT2D eigenvalue weighted by Crippen LogP contribution is 2.40. The second-order valence-electron chi connectivity index (χ2n) is 15.6. The van der Waals surface area contributed by atoms with Crippen molar-refractivity contribution in [2.75, 3.05) is 0 Å². The zero-order chi connectivity index (χ0) is 41.0. The quantitative estimate of drug-likeness (QED) is 0.161. The smallest absolute Gasteiger partial charge is 0.164 e. The van der Waals surface area contributed by atoms with Crippen LogP contribution in [0.25, 0.3) is 115 Å². The lowest BCUT2D eigenvalue weighted by atomic mass is 10.00. The Morgan fingerprint density at radius 2 is 0.758 bits per heavy atom. The van der Waals surface area contributed by atoms with Crippen LogP contribution in [-0.4, -0.2) is 19.5 Å². The van der Waals surface area contributed by atoms with Gasteiger partial charge in [-0.2, -0.15) is 0 Å².